The average Bonchev–Trinajstić information content (AvgIpc) is 2.60. The van der Waals surface area contributed by atoms with E-state index >= 15 is 17.6 Å². The molecule has 0 nitrogen and oxygen atoms in total. The van der Waals surface area contributed by atoms with Crippen molar-refractivity contribution in [1.82, 2.24) is 0 Å². The number of benzene rings is 1. The molecular formula is C23H36F4. The van der Waals surface area contributed by atoms with Crippen LogP contribution in [-0.4, -0.2) is 0 Å². The molecule has 0 bridgehead atoms. The summed E-state index contributed by atoms with van der Waals surface area (Å²) >= 11 is 0. The van der Waals surface area contributed by atoms with E-state index in [9.17, 15) is 0 Å². The standard InChI is InChI=1S/C23H36F4/c1-9-13-22(7,12-4)15-17(24)19(26)16(20(27)18(15)25)23(8,14-10-2)21(5,6)11-3/h9-14H2,1-8H3. The molecule has 1 aromatic carbocycles. The molecule has 0 aromatic heterocycles. The van der Waals surface area contributed by atoms with Gasteiger partial charge in [-0.2, -0.15) is 0 Å². The molecule has 1 rings (SSSR count). The Morgan fingerprint density at radius 1 is 0.593 bits per heavy atom. The summed E-state index contributed by atoms with van der Waals surface area (Å²) in [7, 11) is 0. The van der Waals surface area contributed by atoms with Crippen molar-refractivity contribution in [3.8, 4) is 0 Å². The molecule has 0 aliphatic heterocycles. The first-order valence-corrected chi connectivity index (χ1v) is 10.2. The SMILES string of the molecule is CCCC(C)(CC)c1c(F)c(F)c(C(C)(CCC)C(C)(C)CC)c(F)c1F. The largest absolute Gasteiger partial charge is 0.203 e. The van der Waals surface area contributed by atoms with E-state index in [4.69, 9.17) is 0 Å². The van der Waals surface area contributed by atoms with Crippen LogP contribution in [-0.2, 0) is 10.8 Å². The van der Waals surface area contributed by atoms with Gasteiger partial charge in [0.1, 0.15) is 0 Å². The van der Waals surface area contributed by atoms with E-state index < -0.39 is 50.6 Å². The molecule has 0 spiro atoms. The summed E-state index contributed by atoms with van der Waals surface area (Å²) in [5.74, 6) is -4.90. The maximum absolute atomic E-state index is 15.3. The van der Waals surface area contributed by atoms with E-state index in [1.807, 2.05) is 34.6 Å². The van der Waals surface area contributed by atoms with Crippen LogP contribution in [0.15, 0.2) is 0 Å². The minimum absolute atomic E-state index is 0.402. The van der Waals surface area contributed by atoms with Crippen molar-refractivity contribution in [1.29, 1.82) is 0 Å². The van der Waals surface area contributed by atoms with Gasteiger partial charge in [0.2, 0.25) is 0 Å². The number of hydrogen-bond acceptors (Lipinski definition) is 0. The van der Waals surface area contributed by atoms with Crippen LogP contribution in [0.5, 0.6) is 0 Å². The first-order chi connectivity index (χ1) is 12.4. The lowest BCUT2D eigenvalue weighted by Gasteiger charge is -2.45. The predicted molar refractivity (Wildman–Crippen MR) is 105 cm³/mol. The van der Waals surface area contributed by atoms with Gasteiger partial charge >= 0.3 is 0 Å². The molecule has 0 radical (unpaired) electrons. The normalized spacial score (nSPS) is 16.9. The lowest BCUT2D eigenvalue weighted by atomic mass is 9.59. The fourth-order valence-corrected chi connectivity index (χ4v) is 4.37. The summed E-state index contributed by atoms with van der Waals surface area (Å²) < 4.78 is 61.0. The van der Waals surface area contributed by atoms with E-state index in [1.165, 1.54) is 0 Å². The van der Waals surface area contributed by atoms with Crippen LogP contribution < -0.4 is 0 Å². The van der Waals surface area contributed by atoms with Crippen molar-refractivity contribution in [2.75, 3.05) is 0 Å². The molecule has 0 heterocycles. The Morgan fingerprint density at radius 3 is 1.33 bits per heavy atom. The first-order valence-electron chi connectivity index (χ1n) is 10.2. The van der Waals surface area contributed by atoms with E-state index in [0.717, 1.165) is 0 Å². The van der Waals surface area contributed by atoms with Crippen LogP contribution in [0.25, 0.3) is 0 Å². The fourth-order valence-electron chi connectivity index (χ4n) is 4.37. The molecule has 0 saturated carbocycles. The number of rotatable bonds is 9. The highest BCUT2D eigenvalue weighted by atomic mass is 19.2. The Balaban J connectivity index is 3.91. The van der Waals surface area contributed by atoms with Gasteiger partial charge < -0.3 is 0 Å². The van der Waals surface area contributed by atoms with E-state index in [0.29, 0.717) is 38.5 Å². The molecule has 2 atom stereocenters. The highest BCUT2D eigenvalue weighted by Crippen LogP contribution is 2.51. The number of hydrogen-bond donors (Lipinski definition) is 0. The van der Waals surface area contributed by atoms with Crippen molar-refractivity contribution in [2.24, 2.45) is 5.41 Å². The van der Waals surface area contributed by atoms with Gasteiger partial charge in [0.25, 0.3) is 0 Å². The highest BCUT2D eigenvalue weighted by molar-refractivity contribution is 5.39. The molecule has 0 aliphatic rings. The third kappa shape index (κ3) is 3.91. The zero-order valence-electron chi connectivity index (χ0n) is 18.3. The van der Waals surface area contributed by atoms with Gasteiger partial charge in [-0.15, -0.1) is 0 Å². The molecular weight excluding hydrogens is 352 g/mol. The average molecular weight is 389 g/mol. The summed E-state index contributed by atoms with van der Waals surface area (Å²) in [6.45, 7) is 14.7. The van der Waals surface area contributed by atoms with Gasteiger partial charge in [0, 0.05) is 16.5 Å². The monoisotopic (exact) mass is 388 g/mol. The minimum Gasteiger partial charge on any atom is -0.203 e. The molecule has 1 aromatic rings. The molecule has 156 valence electrons. The van der Waals surface area contributed by atoms with Gasteiger partial charge in [-0.05, 0) is 30.1 Å². The second kappa shape index (κ2) is 8.53. The Kier molecular flexibility index (Phi) is 7.57. The Bertz CT molecular complexity index is 636. The van der Waals surface area contributed by atoms with Gasteiger partial charge in [0.15, 0.2) is 23.3 Å². The fraction of sp³-hybridized carbons (Fsp3) is 0.739. The lowest BCUT2D eigenvalue weighted by molar-refractivity contribution is 0.143. The maximum Gasteiger partial charge on any atom is 0.166 e. The van der Waals surface area contributed by atoms with Gasteiger partial charge in [-0.3, -0.25) is 0 Å². The summed E-state index contributed by atoms with van der Waals surface area (Å²) in [4.78, 5) is 0. The summed E-state index contributed by atoms with van der Waals surface area (Å²) in [6.07, 6.45) is 3.27. The molecule has 0 amide bonds. The predicted octanol–water partition coefficient (Wildman–Crippen LogP) is 8.20. The Labute approximate surface area is 162 Å². The molecule has 0 aliphatic carbocycles. The third-order valence-corrected chi connectivity index (χ3v) is 7.13. The summed E-state index contributed by atoms with van der Waals surface area (Å²) in [6, 6.07) is 0. The van der Waals surface area contributed by atoms with Crippen LogP contribution >= 0.6 is 0 Å². The Hall–Kier alpha value is -1.06. The topological polar surface area (TPSA) is 0 Å². The van der Waals surface area contributed by atoms with E-state index in [1.54, 1.807) is 20.8 Å². The lowest BCUT2D eigenvalue weighted by Crippen LogP contribution is -2.41. The second-order valence-corrected chi connectivity index (χ2v) is 8.99. The van der Waals surface area contributed by atoms with Crippen molar-refractivity contribution >= 4 is 0 Å². The third-order valence-electron chi connectivity index (χ3n) is 7.13. The van der Waals surface area contributed by atoms with Crippen molar-refractivity contribution in [3.63, 3.8) is 0 Å². The molecule has 0 saturated heterocycles. The quantitative estimate of drug-likeness (QED) is 0.295. The van der Waals surface area contributed by atoms with Crippen LogP contribution in [0.1, 0.15) is 105 Å². The van der Waals surface area contributed by atoms with Crippen molar-refractivity contribution in [2.45, 2.75) is 105 Å². The molecule has 27 heavy (non-hydrogen) atoms. The van der Waals surface area contributed by atoms with Crippen LogP contribution in [0.4, 0.5) is 17.6 Å². The van der Waals surface area contributed by atoms with Crippen LogP contribution in [0, 0.1) is 28.7 Å². The van der Waals surface area contributed by atoms with E-state index in [2.05, 4.69) is 0 Å². The van der Waals surface area contributed by atoms with Crippen molar-refractivity contribution < 1.29 is 17.6 Å². The van der Waals surface area contributed by atoms with E-state index in [-0.39, 0.29) is 0 Å². The zero-order valence-corrected chi connectivity index (χ0v) is 18.3. The molecule has 2 unspecified atom stereocenters. The maximum atomic E-state index is 15.3. The van der Waals surface area contributed by atoms with Crippen LogP contribution in [0.3, 0.4) is 0 Å². The highest BCUT2D eigenvalue weighted by Gasteiger charge is 2.47. The minimum atomic E-state index is -1.23. The van der Waals surface area contributed by atoms with Gasteiger partial charge in [-0.1, -0.05) is 74.7 Å². The van der Waals surface area contributed by atoms with Crippen molar-refractivity contribution in [3.05, 3.63) is 34.4 Å². The molecule has 0 N–H and O–H groups in total. The molecule has 4 heteroatoms. The van der Waals surface area contributed by atoms with Gasteiger partial charge in [-0.25, -0.2) is 17.6 Å². The summed E-state index contributed by atoms with van der Waals surface area (Å²) in [5.41, 5.74) is -3.37. The second-order valence-electron chi connectivity index (χ2n) is 8.99. The molecule has 0 fully saturated rings. The van der Waals surface area contributed by atoms with Gasteiger partial charge in [0.05, 0.1) is 0 Å². The zero-order chi connectivity index (χ0) is 21.2. The van der Waals surface area contributed by atoms with Crippen LogP contribution in [0.2, 0.25) is 0 Å². The smallest absolute Gasteiger partial charge is 0.166 e. The first kappa shape index (κ1) is 24.0. The number of halogens is 4. The summed E-state index contributed by atoms with van der Waals surface area (Å²) in [5, 5.41) is 0. The Morgan fingerprint density at radius 2 is 1.00 bits per heavy atom.